The second kappa shape index (κ2) is 7.28. The zero-order chi connectivity index (χ0) is 14.4. The largest absolute Gasteiger partial charge is 0.480 e. The maximum absolute atomic E-state index is 12.3. The second-order valence-electron chi connectivity index (χ2n) is 5.28. The Balaban J connectivity index is 2.63. The van der Waals surface area contributed by atoms with E-state index in [1.807, 2.05) is 4.90 Å². The van der Waals surface area contributed by atoms with Crippen molar-refractivity contribution in [1.29, 1.82) is 0 Å². The number of carbonyl (C=O) groups is 2. The van der Waals surface area contributed by atoms with Gasteiger partial charge in [-0.2, -0.15) is 0 Å². The van der Waals surface area contributed by atoms with Gasteiger partial charge in [-0.3, -0.25) is 14.5 Å². The average molecular weight is 268 g/mol. The topological polar surface area (TPSA) is 60.9 Å². The summed E-state index contributed by atoms with van der Waals surface area (Å²) in [5.74, 6) is -0.905. The molecule has 2 atom stereocenters. The second-order valence-corrected chi connectivity index (χ2v) is 5.28. The lowest BCUT2D eigenvalue weighted by molar-refractivity contribution is -0.141. The maximum Gasteiger partial charge on any atom is 0.317 e. The number of hydrogen-bond donors (Lipinski definition) is 1. The first kappa shape index (κ1) is 15.7. The van der Waals surface area contributed by atoms with E-state index in [0.29, 0.717) is 6.54 Å². The van der Waals surface area contributed by atoms with E-state index < -0.39 is 5.97 Å². The Morgan fingerprint density at radius 1 is 1.32 bits per heavy atom. The quantitative estimate of drug-likeness (QED) is 0.739. The molecule has 19 heavy (non-hydrogen) atoms. The first-order valence-corrected chi connectivity index (χ1v) is 6.82. The van der Waals surface area contributed by atoms with Crippen molar-refractivity contribution in [1.82, 2.24) is 9.80 Å². The molecular weight excluding hydrogens is 244 g/mol. The van der Waals surface area contributed by atoms with E-state index in [9.17, 15) is 9.59 Å². The standard InChI is InChI=1S/C14H24N2O3/c1-4-8-15(10-14(18)19)9-13(17)16-11(2)6-5-7-12(16)3/h4,11-12H,1,5-10H2,2-3H3,(H,18,19). The van der Waals surface area contributed by atoms with Crippen LogP contribution in [0.2, 0.25) is 0 Å². The molecular formula is C14H24N2O3. The van der Waals surface area contributed by atoms with Crippen LogP contribution in [0.3, 0.4) is 0 Å². The Morgan fingerprint density at radius 3 is 2.37 bits per heavy atom. The molecule has 1 rings (SSSR count). The summed E-state index contributed by atoms with van der Waals surface area (Å²) in [6.45, 7) is 8.14. The van der Waals surface area contributed by atoms with Gasteiger partial charge in [0.25, 0.3) is 0 Å². The van der Waals surface area contributed by atoms with Crippen LogP contribution in [0.15, 0.2) is 12.7 Å². The van der Waals surface area contributed by atoms with Gasteiger partial charge in [-0.05, 0) is 33.1 Å². The van der Waals surface area contributed by atoms with Crippen molar-refractivity contribution in [2.45, 2.75) is 45.2 Å². The Kier molecular flexibility index (Phi) is 6.02. The maximum atomic E-state index is 12.3. The molecule has 1 N–H and O–H groups in total. The molecule has 1 aliphatic rings. The van der Waals surface area contributed by atoms with Crippen LogP contribution in [0.5, 0.6) is 0 Å². The fourth-order valence-corrected chi connectivity index (χ4v) is 2.74. The van der Waals surface area contributed by atoms with Crippen LogP contribution in [0.25, 0.3) is 0 Å². The molecule has 1 amide bonds. The highest BCUT2D eigenvalue weighted by atomic mass is 16.4. The van der Waals surface area contributed by atoms with Gasteiger partial charge in [0.1, 0.15) is 0 Å². The molecule has 0 spiro atoms. The summed E-state index contributed by atoms with van der Waals surface area (Å²) in [6.07, 6.45) is 4.82. The molecule has 0 aromatic rings. The number of rotatable bonds is 6. The fraction of sp³-hybridized carbons (Fsp3) is 0.714. The van der Waals surface area contributed by atoms with Gasteiger partial charge in [-0.1, -0.05) is 6.08 Å². The number of likely N-dealkylation sites (tertiary alicyclic amines) is 1. The molecule has 5 heteroatoms. The highest BCUT2D eigenvalue weighted by Crippen LogP contribution is 2.22. The predicted octanol–water partition coefficient (Wildman–Crippen LogP) is 1.35. The summed E-state index contributed by atoms with van der Waals surface area (Å²) in [4.78, 5) is 26.6. The number of hydrogen-bond acceptors (Lipinski definition) is 3. The summed E-state index contributed by atoms with van der Waals surface area (Å²) in [6, 6.07) is 0.485. The molecule has 1 heterocycles. The number of amides is 1. The molecule has 1 saturated heterocycles. The molecule has 108 valence electrons. The lowest BCUT2D eigenvalue weighted by atomic mass is 9.97. The van der Waals surface area contributed by atoms with Gasteiger partial charge in [0, 0.05) is 18.6 Å². The van der Waals surface area contributed by atoms with Crippen LogP contribution in [0, 0.1) is 0 Å². The third-order valence-electron chi connectivity index (χ3n) is 3.59. The summed E-state index contributed by atoms with van der Waals surface area (Å²) in [5, 5.41) is 8.84. The van der Waals surface area contributed by atoms with Crippen molar-refractivity contribution in [3.8, 4) is 0 Å². The van der Waals surface area contributed by atoms with Crippen molar-refractivity contribution < 1.29 is 14.7 Å². The smallest absolute Gasteiger partial charge is 0.317 e. The molecule has 0 aromatic carbocycles. The molecule has 0 aromatic heterocycles. The van der Waals surface area contributed by atoms with Gasteiger partial charge in [0.05, 0.1) is 13.1 Å². The van der Waals surface area contributed by atoms with Crippen LogP contribution < -0.4 is 0 Å². The van der Waals surface area contributed by atoms with Crippen molar-refractivity contribution in [3.05, 3.63) is 12.7 Å². The Morgan fingerprint density at radius 2 is 1.89 bits per heavy atom. The van der Waals surface area contributed by atoms with E-state index in [1.165, 1.54) is 0 Å². The summed E-state index contributed by atoms with van der Waals surface area (Å²) >= 11 is 0. The molecule has 0 radical (unpaired) electrons. The van der Waals surface area contributed by atoms with Crippen LogP contribution >= 0.6 is 0 Å². The summed E-state index contributed by atoms with van der Waals surface area (Å²) in [7, 11) is 0. The van der Waals surface area contributed by atoms with E-state index in [-0.39, 0.29) is 31.1 Å². The number of carboxylic acid groups (broad SMARTS) is 1. The molecule has 2 unspecified atom stereocenters. The SMILES string of the molecule is C=CCN(CC(=O)O)CC(=O)N1C(C)CCCC1C. The predicted molar refractivity (Wildman–Crippen MR) is 73.9 cm³/mol. The van der Waals surface area contributed by atoms with Crippen LogP contribution in [-0.4, -0.2) is 58.5 Å². The summed E-state index contributed by atoms with van der Waals surface area (Å²) in [5.41, 5.74) is 0. The van der Waals surface area contributed by atoms with Gasteiger partial charge in [0.2, 0.25) is 5.91 Å². The van der Waals surface area contributed by atoms with E-state index in [2.05, 4.69) is 20.4 Å². The van der Waals surface area contributed by atoms with Gasteiger partial charge in [-0.25, -0.2) is 0 Å². The zero-order valence-electron chi connectivity index (χ0n) is 11.8. The Bertz CT molecular complexity index is 334. The first-order chi connectivity index (χ1) is 8.95. The normalized spacial score (nSPS) is 23.4. The molecule has 1 fully saturated rings. The third-order valence-corrected chi connectivity index (χ3v) is 3.59. The van der Waals surface area contributed by atoms with Gasteiger partial charge in [0.15, 0.2) is 0 Å². The lowest BCUT2D eigenvalue weighted by Crippen LogP contribution is -2.51. The van der Waals surface area contributed by atoms with Gasteiger partial charge < -0.3 is 10.0 Å². The van der Waals surface area contributed by atoms with Gasteiger partial charge >= 0.3 is 5.97 Å². The molecule has 5 nitrogen and oxygen atoms in total. The van der Waals surface area contributed by atoms with Crippen LogP contribution in [-0.2, 0) is 9.59 Å². The fourth-order valence-electron chi connectivity index (χ4n) is 2.74. The van der Waals surface area contributed by atoms with E-state index >= 15 is 0 Å². The van der Waals surface area contributed by atoms with E-state index in [1.54, 1.807) is 11.0 Å². The molecule has 1 aliphatic heterocycles. The van der Waals surface area contributed by atoms with Crippen molar-refractivity contribution in [3.63, 3.8) is 0 Å². The highest BCUT2D eigenvalue weighted by molar-refractivity contribution is 5.80. The number of piperidine rings is 1. The minimum Gasteiger partial charge on any atom is -0.480 e. The Hall–Kier alpha value is -1.36. The highest BCUT2D eigenvalue weighted by Gasteiger charge is 2.29. The molecule has 0 aliphatic carbocycles. The van der Waals surface area contributed by atoms with Crippen LogP contribution in [0.4, 0.5) is 0 Å². The zero-order valence-corrected chi connectivity index (χ0v) is 11.8. The van der Waals surface area contributed by atoms with E-state index in [4.69, 9.17) is 5.11 Å². The molecule has 0 bridgehead atoms. The van der Waals surface area contributed by atoms with Gasteiger partial charge in [-0.15, -0.1) is 6.58 Å². The van der Waals surface area contributed by atoms with Crippen molar-refractivity contribution >= 4 is 11.9 Å². The monoisotopic (exact) mass is 268 g/mol. The Labute approximate surface area is 114 Å². The average Bonchev–Trinajstić information content (AvgIpc) is 2.27. The minimum atomic E-state index is -0.922. The van der Waals surface area contributed by atoms with E-state index in [0.717, 1.165) is 19.3 Å². The minimum absolute atomic E-state index is 0.0165. The van der Waals surface area contributed by atoms with Crippen LogP contribution in [0.1, 0.15) is 33.1 Å². The lowest BCUT2D eigenvalue weighted by Gasteiger charge is -2.40. The first-order valence-electron chi connectivity index (χ1n) is 6.82. The number of carbonyl (C=O) groups excluding carboxylic acids is 1. The third kappa shape index (κ3) is 4.67. The number of nitrogens with zero attached hydrogens (tertiary/aromatic N) is 2. The van der Waals surface area contributed by atoms with Crippen molar-refractivity contribution in [2.75, 3.05) is 19.6 Å². The molecule has 0 saturated carbocycles. The van der Waals surface area contributed by atoms with Crippen molar-refractivity contribution in [2.24, 2.45) is 0 Å². The number of carboxylic acids is 1. The number of aliphatic carboxylic acids is 1. The summed E-state index contributed by atoms with van der Waals surface area (Å²) < 4.78 is 0.